The van der Waals surface area contributed by atoms with Gasteiger partial charge in [0.25, 0.3) is 0 Å². The van der Waals surface area contributed by atoms with Crippen molar-refractivity contribution in [2.24, 2.45) is 5.92 Å². The Hall–Kier alpha value is -0.0900. The summed E-state index contributed by atoms with van der Waals surface area (Å²) in [7, 11) is 0. The monoisotopic (exact) mass is 317 g/mol. The Morgan fingerprint density at radius 2 is 1.80 bits per heavy atom. The van der Waals surface area contributed by atoms with Crippen LogP contribution in [0, 0.1) is 9.49 Å². The molecule has 1 rings (SSSR count). The number of hydrogen-bond acceptors (Lipinski definition) is 1. The van der Waals surface area contributed by atoms with Gasteiger partial charge in [0.15, 0.2) is 0 Å². The summed E-state index contributed by atoms with van der Waals surface area (Å²) in [4.78, 5) is 0. The van der Waals surface area contributed by atoms with E-state index in [0.29, 0.717) is 12.0 Å². The fraction of sp³-hybridized carbons (Fsp3) is 0.538. The van der Waals surface area contributed by atoms with Crippen LogP contribution in [0.15, 0.2) is 24.3 Å². The number of benzene rings is 1. The maximum atomic E-state index is 3.57. The molecule has 0 aromatic heterocycles. The largest absolute Gasteiger partial charge is 0.310 e. The first kappa shape index (κ1) is 13.0. The summed E-state index contributed by atoms with van der Waals surface area (Å²) >= 11 is 2.35. The number of halogens is 1. The summed E-state index contributed by atoms with van der Waals surface area (Å²) in [5, 5.41) is 3.57. The van der Waals surface area contributed by atoms with Crippen molar-refractivity contribution in [3.8, 4) is 0 Å². The van der Waals surface area contributed by atoms with Gasteiger partial charge in [0, 0.05) is 9.61 Å². The highest BCUT2D eigenvalue weighted by Gasteiger charge is 2.16. The van der Waals surface area contributed by atoms with E-state index >= 15 is 0 Å². The molecule has 0 radical (unpaired) electrons. The molecule has 0 saturated carbocycles. The third-order valence-corrected chi connectivity index (χ3v) is 3.59. The van der Waals surface area contributed by atoms with Gasteiger partial charge in [-0.25, -0.2) is 0 Å². The molecule has 15 heavy (non-hydrogen) atoms. The first-order valence-electron chi connectivity index (χ1n) is 5.67. The average molecular weight is 317 g/mol. The van der Waals surface area contributed by atoms with Crippen LogP contribution >= 0.6 is 22.6 Å². The van der Waals surface area contributed by atoms with E-state index in [-0.39, 0.29) is 0 Å². The van der Waals surface area contributed by atoms with Gasteiger partial charge in [-0.1, -0.05) is 39.3 Å². The van der Waals surface area contributed by atoms with E-state index in [1.165, 1.54) is 15.6 Å². The van der Waals surface area contributed by atoms with Crippen LogP contribution in [-0.2, 0) is 0 Å². The minimum absolute atomic E-state index is 0.497. The standard InChI is InChI=1S/C13H20IN/c1-4-10(3)13(15-5-2)11-6-8-12(14)9-7-11/h6-10,13,15H,4-5H2,1-3H3. The minimum Gasteiger partial charge on any atom is -0.310 e. The highest BCUT2D eigenvalue weighted by Crippen LogP contribution is 2.24. The molecule has 0 spiro atoms. The molecule has 1 nitrogen and oxygen atoms in total. The van der Waals surface area contributed by atoms with Gasteiger partial charge in [0.1, 0.15) is 0 Å². The normalized spacial score (nSPS) is 14.9. The summed E-state index contributed by atoms with van der Waals surface area (Å²) in [6, 6.07) is 9.34. The smallest absolute Gasteiger partial charge is 0.0345 e. The van der Waals surface area contributed by atoms with E-state index in [0.717, 1.165) is 6.54 Å². The molecule has 0 heterocycles. The van der Waals surface area contributed by atoms with Crippen LogP contribution in [0.5, 0.6) is 0 Å². The lowest BCUT2D eigenvalue weighted by molar-refractivity contribution is 0.384. The van der Waals surface area contributed by atoms with Crippen molar-refractivity contribution in [1.29, 1.82) is 0 Å². The van der Waals surface area contributed by atoms with Gasteiger partial charge in [-0.05, 0) is 52.7 Å². The van der Waals surface area contributed by atoms with Gasteiger partial charge in [0.2, 0.25) is 0 Å². The molecule has 0 aliphatic rings. The maximum Gasteiger partial charge on any atom is 0.0345 e. The molecule has 1 aromatic carbocycles. The second-order valence-corrected chi connectivity index (χ2v) is 5.22. The predicted molar refractivity (Wildman–Crippen MR) is 75.0 cm³/mol. The van der Waals surface area contributed by atoms with Gasteiger partial charge in [-0.3, -0.25) is 0 Å². The molecule has 0 aliphatic heterocycles. The van der Waals surface area contributed by atoms with Crippen molar-refractivity contribution < 1.29 is 0 Å². The molecule has 0 bridgehead atoms. The molecule has 84 valence electrons. The van der Waals surface area contributed by atoms with Gasteiger partial charge in [0.05, 0.1) is 0 Å². The zero-order chi connectivity index (χ0) is 11.3. The summed E-state index contributed by atoms with van der Waals surface area (Å²) in [5.74, 6) is 0.685. The third-order valence-electron chi connectivity index (χ3n) is 2.87. The van der Waals surface area contributed by atoms with Crippen LogP contribution in [0.1, 0.15) is 38.8 Å². The van der Waals surface area contributed by atoms with Crippen molar-refractivity contribution >= 4 is 22.6 Å². The Balaban J connectivity index is 2.83. The van der Waals surface area contributed by atoms with E-state index in [2.05, 4.69) is 72.9 Å². The molecule has 1 N–H and O–H groups in total. The minimum atomic E-state index is 0.497. The lowest BCUT2D eigenvalue weighted by atomic mass is 9.92. The van der Waals surface area contributed by atoms with E-state index in [4.69, 9.17) is 0 Å². The third kappa shape index (κ3) is 3.76. The molecule has 2 atom stereocenters. The van der Waals surface area contributed by atoms with E-state index < -0.39 is 0 Å². The Morgan fingerprint density at radius 1 is 1.20 bits per heavy atom. The van der Waals surface area contributed by atoms with Gasteiger partial charge in [-0.2, -0.15) is 0 Å². The molecule has 0 saturated heterocycles. The molecule has 2 heteroatoms. The lowest BCUT2D eigenvalue weighted by Crippen LogP contribution is -2.26. The van der Waals surface area contributed by atoms with E-state index in [1.807, 2.05) is 0 Å². The van der Waals surface area contributed by atoms with Crippen molar-refractivity contribution in [2.75, 3.05) is 6.54 Å². The quantitative estimate of drug-likeness (QED) is 0.810. The van der Waals surface area contributed by atoms with Crippen molar-refractivity contribution in [1.82, 2.24) is 5.32 Å². The lowest BCUT2D eigenvalue weighted by Gasteiger charge is -2.24. The average Bonchev–Trinajstić information content (AvgIpc) is 2.26. The first-order chi connectivity index (χ1) is 7.19. The Morgan fingerprint density at radius 3 is 2.27 bits per heavy atom. The highest BCUT2D eigenvalue weighted by atomic mass is 127. The molecule has 0 amide bonds. The van der Waals surface area contributed by atoms with E-state index in [9.17, 15) is 0 Å². The summed E-state index contributed by atoms with van der Waals surface area (Å²) in [6.07, 6.45) is 1.21. The molecule has 0 fully saturated rings. The van der Waals surface area contributed by atoms with Crippen molar-refractivity contribution in [2.45, 2.75) is 33.2 Å². The summed E-state index contributed by atoms with van der Waals surface area (Å²) in [5.41, 5.74) is 1.41. The van der Waals surface area contributed by atoms with Crippen LogP contribution in [0.2, 0.25) is 0 Å². The van der Waals surface area contributed by atoms with Gasteiger partial charge >= 0.3 is 0 Å². The maximum absolute atomic E-state index is 3.57. The fourth-order valence-electron chi connectivity index (χ4n) is 1.77. The molecular formula is C13H20IN. The SMILES string of the molecule is CCNC(c1ccc(I)cc1)C(C)CC. The number of rotatable bonds is 5. The van der Waals surface area contributed by atoms with Crippen LogP contribution in [0.4, 0.5) is 0 Å². The molecule has 0 aliphatic carbocycles. The topological polar surface area (TPSA) is 12.0 Å². The van der Waals surface area contributed by atoms with Crippen LogP contribution in [0.25, 0.3) is 0 Å². The van der Waals surface area contributed by atoms with Crippen molar-refractivity contribution in [3.05, 3.63) is 33.4 Å². The Kier molecular flexibility index (Phi) is 5.61. The first-order valence-corrected chi connectivity index (χ1v) is 6.75. The van der Waals surface area contributed by atoms with Crippen LogP contribution in [0.3, 0.4) is 0 Å². The molecule has 1 aromatic rings. The van der Waals surface area contributed by atoms with Crippen LogP contribution < -0.4 is 5.32 Å². The molecule has 2 unspecified atom stereocenters. The zero-order valence-corrected chi connectivity index (χ0v) is 11.9. The highest BCUT2D eigenvalue weighted by molar-refractivity contribution is 14.1. The van der Waals surface area contributed by atoms with Crippen molar-refractivity contribution in [3.63, 3.8) is 0 Å². The summed E-state index contributed by atoms with van der Waals surface area (Å²) < 4.78 is 1.30. The fourth-order valence-corrected chi connectivity index (χ4v) is 2.13. The zero-order valence-electron chi connectivity index (χ0n) is 9.76. The number of hydrogen-bond donors (Lipinski definition) is 1. The molecular weight excluding hydrogens is 297 g/mol. The Bertz CT molecular complexity index is 281. The van der Waals surface area contributed by atoms with Gasteiger partial charge < -0.3 is 5.32 Å². The predicted octanol–water partition coefficient (Wildman–Crippen LogP) is 3.99. The van der Waals surface area contributed by atoms with E-state index in [1.54, 1.807) is 0 Å². The Labute approximate surface area is 107 Å². The second-order valence-electron chi connectivity index (χ2n) is 3.97. The number of nitrogens with one attached hydrogen (secondary N) is 1. The second kappa shape index (κ2) is 6.48. The van der Waals surface area contributed by atoms with Gasteiger partial charge in [-0.15, -0.1) is 0 Å². The van der Waals surface area contributed by atoms with Crippen LogP contribution in [-0.4, -0.2) is 6.54 Å². The summed E-state index contributed by atoms with van der Waals surface area (Å²) in [6.45, 7) is 7.76.